The summed E-state index contributed by atoms with van der Waals surface area (Å²) in [6.07, 6.45) is 6.17. The normalized spacial score (nSPS) is 11.8. The van der Waals surface area contributed by atoms with Gasteiger partial charge in [0.25, 0.3) is 0 Å². The quantitative estimate of drug-likeness (QED) is 0.657. The van der Waals surface area contributed by atoms with Crippen LogP contribution in [-0.2, 0) is 4.79 Å². The number of hydrogen-bond donors (Lipinski definition) is 1. The summed E-state index contributed by atoms with van der Waals surface area (Å²) >= 11 is 1.66. The van der Waals surface area contributed by atoms with E-state index in [0.29, 0.717) is 18.2 Å². The van der Waals surface area contributed by atoms with Crippen LogP contribution in [0.15, 0.2) is 0 Å². The lowest BCUT2D eigenvalue weighted by molar-refractivity contribution is -0.118. The molecule has 0 aliphatic carbocycles. The molecule has 1 N–H and O–H groups in total. The number of carbonyl (C=O) groups excluding carboxylic acids is 1. The van der Waals surface area contributed by atoms with Crippen molar-refractivity contribution in [2.75, 3.05) is 18.1 Å². The molecule has 0 aliphatic rings. The standard InChI is InChI=1S/C10H17NOS/c1-4-6-11-10(12)8-13-7-9(3)5-2/h1,9H,5-8H2,2-3H3,(H,11,12). The maximum Gasteiger partial charge on any atom is 0.230 e. The highest BCUT2D eigenvalue weighted by atomic mass is 32.2. The molecule has 0 spiro atoms. The van der Waals surface area contributed by atoms with Crippen LogP contribution in [0, 0.1) is 18.3 Å². The van der Waals surface area contributed by atoms with Gasteiger partial charge in [-0.15, -0.1) is 6.42 Å². The summed E-state index contributed by atoms with van der Waals surface area (Å²) in [7, 11) is 0. The van der Waals surface area contributed by atoms with E-state index in [2.05, 4.69) is 25.1 Å². The second-order valence-corrected chi connectivity index (χ2v) is 4.04. The van der Waals surface area contributed by atoms with Crippen LogP contribution in [0.5, 0.6) is 0 Å². The Hall–Kier alpha value is -0.620. The van der Waals surface area contributed by atoms with Gasteiger partial charge < -0.3 is 5.32 Å². The highest BCUT2D eigenvalue weighted by Gasteiger charge is 2.02. The van der Waals surface area contributed by atoms with Gasteiger partial charge in [0.1, 0.15) is 0 Å². The van der Waals surface area contributed by atoms with Crippen molar-refractivity contribution in [2.24, 2.45) is 5.92 Å². The van der Waals surface area contributed by atoms with Gasteiger partial charge in [0.05, 0.1) is 12.3 Å². The summed E-state index contributed by atoms with van der Waals surface area (Å²) in [6, 6.07) is 0. The molecule has 0 saturated carbocycles. The molecule has 2 nitrogen and oxygen atoms in total. The zero-order valence-corrected chi connectivity index (χ0v) is 9.12. The molecule has 0 aromatic carbocycles. The summed E-state index contributed by atoms with van der Waals surface area (Å²) in [5.41, 5.74) is 0. The Bertz CT molecular complexity index is 186. The van der Waals surface area contributed by atoms with Gasteiger partial charge >= 0.3 is 0 Å². The van der Waals surface area contributed by atoms with Crippen LogP contribution in [0.2, 0.25) is 0 Å². The predicted molar refractivity (Wildman–Crippen MR) is 58.6 cm³/mol. The maximum absolute atomic E-state index is 11.0. The molecular weight excluding hydrogens is 182 g/mol. The van der Waals surface area contributed by atoms with Crippen molar-refractivity contribution in [3.05, 3.63) is 0 Å². The van der Waals surface area contributed by atoms with Gasteiger partial charge in [-0.3, -0.25) is 4.79 Å². The SMILES string of the molecule is C#CCNC(=O)CSCC(C)CC. The highest BCUT2D eigenvalue weighted by Crippen LogP contribution is 2.10. The lowest BCUT2D eigenvalue weighted by Gasteiger charge is -2.06. The number of rotatable bonds is 6. The summed E-state index contributed by atoms with van der Waals surface area (Å²) in [6.45, 7) is 4.68. The van der Waals surface area contributed by atoms with Crippen LogP contribution in [0.25, 0.3) is 0 Å². The largest absolute Gasteiger partial charge is 0.344 e. The van der Waals surface area contributed by atoms with E-state index in [-0.39, 0.29) is 5.91 Å². The van der Waals surface area contributed by atoms with E-state index in [0.717, 1.165) is 5.75 Å². The summed E-state index contributed by atoms with van der Waals surface area (Å²) < 4.78 is 0. The zero-order chi connectivity index (χ0) is 10.1. The van der Waals surface area contributed by atoms with Gasteiger partial charge in [-0.2, -0.15) is 11.8 Å². The molecule has 74 valence electrons. The van der Waals surface area contributed by atoms with Gasteiger partial charge in [-0.05, 0) is 11.7 Å². The summed E-state index contributed by atoms with van der Waals surface area (Å²) in [5.74, 6) is 4.65. The number of amides is 1. The van der Waals surface area contributed by atoms with Crippen LogP contribution in [0.3, 0.4) is 0 Å². The first kappa shape index (κ1) is 12.4. The second-order valence-electron chi connectivity index (χ2n) is 3.01. The number of hydrogen-bond acceptors (Lipinski definition) is 2. The smallest absolute Gasteiger partial charge is 0.230 e. The van der Waals surface area contributed by atoms with Crippen LogP contribution in [-0.4, -0.2) is 24.0 Å². The third kappa shape index (κ3) is 7.73. The fourth-order valence-corrected chi connectivity index (χ4v) is 1.71. The van der Waals surface area contributed by atoms with Gasteiger partial charge in [0.15, 0.2) is 0 Å². The molecule has 0 rings (SSSR count). The predicted octanol–water partition coefficient (Wildman–Crippen LogP) is 1.52. The summed E-state index contributed by atoms with van der Waals surface area (Å²) in [5, 5.41) is 2.63. The van der Waals surface area contributed by atoms with E-state index in [4.69, 9.17) is 6.42 Å². The van der Waals surface area contributed by atoms with Crippen LogP contribution in [0.4, 0.5) is 0 Å². The third-order valence-corrected chi connectivity index (χ3v) is 2.99. The monoisotopic (exact) mass is 199 g/mol. The molecule has 1 amide bonds. The van der Waals surface area contributed by atoms with Gasteiger partial charge in [0.2, 0.25) is 5.91 Å². The van der Waals surface area contributed by atoms with E-state index in [1.54, 1.807) is 11.8 Å². The fraction of sp³-hybridized carbons (Fsp3) is 0.700. The summed E-state index contributed by atoms with van der Waals surface area (Å²) in [4.78, 5) is 11.0. The van der Waals surface area contributed by atoms with E-state index in [1.807, 2.05) is 0 Å². The zero-order valence-electron chi connectivity index (χ0n) is 8.30. The van der Waals surface area contributed by atoms with E-state index >= 15 is 0 Å². The minimum atomic E-state index is 0.0336. The van der Waals surface area contributed by atoms with Crippen LogP contribution < -0.4 is 5.32 Å². The number of nitrogens with one attached hydrogen (secondary N) is 1. The lowest BCUT2D eigenvalue weighted by Crippen LogP contribution is -2.25. The van der Waals surface area contributed by atoms with Crippen molar-refractivity contribution in [1.29, 1.82) is 0 Å². The van der Waals surface area contributed by atoms with Crippen molar-refractivity contribution in [3.63, 3.8) is 0 Å². The molecule has 13 heavy (non-hydrogen) atoms. The van der Waals surface area contributed by atoms with Gasteiger partial charge in [0, 0.05) is 0 Å². The molecule has 0 aliphatic heterocycles. The number of carbonyl (C=O) groups is 1. The average Bonchev–Trinajstić information content (AvgIpc) is 2.14. The molecule has 0 aromatic heterocycles. The Morgan fingerprint density at radius 1 is 1.69 bits per heavy atom. The van der Waals surface area contributed by atoms with Crippen molar-refractivity contribution in [3.8, 4) is 12.3 Å². The fourth-order valence-electron chi connectivity index (χ4n) is 0.671. The molecule has 1 unspecified atom stereocenters. The molecule has 0 aromatic rings. The molecule has 0 heterocycles. The topological polar surface area (TPSA) is 29.1 Å². The Kier molecular flexibility index (Phi) is 7.62. The van der Waals surface area contributed by atoms with Crippen LogP contribution in [0.1, 0.15) is 20.3 Å². The third-order valence-electron chi connectivity index (χ3n) is 1.72. The van der Waals surface area contributed by atoms with Crippen molar-refractivity contribution >= 4 is 17.7 Å². The minimum absolute atomic E-state index is 0.0336. The van der Waals surface area contributed by atoms with Crippen molar-refractivity contribution < 1.29 is 4.79 Å². The van der Waals surface area contributed by atoms with E-state index < -0.39 is 0 Å². The van der Waals surface area contributed by atoms with Gasteiger partial charge in [-0.25, -0.2) is 0 Å². The molecule has 3 heteroatoms. The first-order valence-corrected chi connectivity index (χ1v) is 5.64. The van der Waals surface area contributed by atoms with Crippen molar-refractivity contribution in [1.82, 2.24) is 5.32 Å². The van der Waals surface area contributed by atoms with E-state index in [1.165, 1.54) is 6.42 Å². The molecule has 0 fully saturated rings. The maximum atomic E-state index is 11.0. The first-order valence-electron chi connectivity index (χ1n) is 4.48. The molecule has 0 radical (unpaired) electrons. The Balaban J connectivity index is 3.32. The molecule has 0 saturated heterocycles. The minimum Gasteiger partial charge on any atom is -0.344 e. The van der Waals surface area contributed by atoms with Crippen LogP contribution >= 0.6 is 11.8 Å². The lowest BCUT2D eigenvalue weighted by atomic mass is 10.2. The highest BCUT2D eigenvalue weighted by molar-refractivity contribution is 7.99. The molecular formula is C10H17NOS. The average molecular weight is 199 g/mol. The second kappa shape index (κ2) is 8.00. The van der Waals surface area contributed by atoms with E-state index in [9.17, 15) is 4.79 Å². The number of terminal acetylenes is 1. The Labute approximate surface area is 84.9 Å². The molecule has 0 bridgehead atoms. The number of thioether (sulfide) groups is 1. The van der Waals surface area contributed by atoms with Crippen molar-refractivity contribution in [2.45, 2.75) is 20.3 Å². The Morgan fingerprint density at radius 3 is 2.92 bits per heavy atom. The Morgan fingerprint density at radius 2 is 2.38 bits per heavy atom. The first-order chi connectivity index (χ1) is 6.20. The molecule has 1 atom stereocenters. The van der Waals surface area contributed by atoms with Gasteiger partial charge in [-0.1, -0.05) is 26.2 Å².